The van der Waals surface area contributed by atoms with Gasteiger partial charge >= 0.3 is 0 Å². The molecule has 0 unspecified atom stereocenters. The predicted molar refractivity (Wildman–Crippen MR) is 81.1 cm³/mol. The van der Waals surface area contributed by atoms with Gasteiger partial charge in [-0.2, -0.15) is 0 Å². The molecule has 4 nitrogen and oxygen atoms in total. The summed E-state index contributed by atoms with van der Waals surface area (Å²) in [6, 6.07) is 4.66. The standard InChI is InChI=1S/C16H22N4/c1-11(2)13-9-14(10-13)19-15-5-4-6-18-16(15)20-8-7-17-12(20)3/h4-8,11,13-14,19H,9-10H2,1-3H3. The number of imidazole rings is 1. The Morgan fingerprint density at radius 1 is 1.25 bits per heavy atom. The second-order valence-electron chi connectivity index (χ2n) is 6.04. The molecule has 0 spiro atoms. The fourth-order valence-corrected chi connectivity index (χ4v) is 2.85. The molecule has 0 aromatic carbocycles. The molecule has 1 aliphatic rings. The van der Waals surface area contributed by atoms with E-state index in [-0.39, 0.29) is 0 Å². The molecule has 1 N–H and O–H groups in total. The fraction of sp³-hybridized carbons (Fsp3) is 0.500. The van der Waals surface area contributed by atoms with E-state index in [0.717, 1.165) is 29.2 Å². The zero-order valence-electron chi connectivity index (χ0n) is 12.4. The van der Waals surface area contributed by atoms with Gasteiger partial charge in [0.2, 0.25) is 0 Å². The van der Waals surface area contributed by atoms with Crippen LogP contribution in [0.4, 0.5) is 5.69 Å². The SMILES string of the molecule is Cc1nccn1-c1ncccc1NC1CC(C(C)C)C1. The minimum Gasteiger partial charge on any atom is -0.379 e. The van der Waals surface area contributed by atoms with E-state index in [1.807, 2.05) is 36.1 Å². The van der Waals surface area contributed by atoms with E-state index in [1.54, 1.807) is 0 Å². The van der Waals surface area contributed by atoms with Crippen molar-refractivity contribution in [1.29, 1.82) is 0 Å². The maximum absolute atomic E-state index is 4.51. The Bertz CT molecular complexity index is 582. The van der Waals surface area contributed by atoms with Gasteiger partial charge < -0.3 is 5.32 Å². The van der Waals surface area contributed by atoms with Crippen molar-refractivity contribution in [2.75, 3.05) is 5.32 Å². The van der Waals surface area contributed by atoms with E-state index < -0.39 is 0 Å². The van der Waals surface area contributed by atoms with Crippen molar-refractivity contribution in [2.24, 2.45) is 11.8 Å². The highest BCUT2D eigenvalue weighted by molar-refractivity contribution is 5.57. The quantitative estimate of drug-likeness (QED) is 0.925. The monoisotopic (exact) mass is 270 g/mol. The minimum absolute atomic E-state index is 0.578. The normalized spacial score (nSPS) is 21.8. The Hall–Kier alpha value is -1.84. The van der Waals surface area contributed by atoms with Crippen LogP contribution in [0.1, 0.15) is 32.5 Å². The molecule has 0 amide bonds. The van der Waals surface area contributed by atoms with E-state index in [9.17, 15) is 0 Å². The van der Waals surface area contributed by atoms with Crippen LogP contribution in [0.25, 0.3) is 5.82 Å². The lowest BCUT2D eigenvalue weighted by Crippen LogP contribution is -2.38. The van der Waals surface area contributed by atoms with Crippen molar-refractivity contribution >= 4 is 5.69 Å². The first-order valence-corrected chi connectivity index (χ1v) is 7.37. The van der Waals surface area contributed by atoms with Crippen LogP contribution in [0.2, 0.25) is 0 Å². The van der Waals surface area contributed by atoms with Gasteiger partial charge in [0.1, 0.15) is 5.82 Å². The molecule has 2 heterocycles. The van der Waals surface area contributed by atoms with Gasteiger partial charge in [-0.3, -0.25) is 4.57 Å². The Balaban J connectivity index is 1.77. The number of rotatable bonds is 4. The van der Waals surface area contributed by atoms with Crippen LogP contribution in [0, 0.1) is 18.8 Å². The van der Waals surface area contributed by atoms with Crippen LogP contribution in [0.15, 0.2) is 30.7 Å². The minimum atomic E-state index is 0.578. The summed E-state index contributed by atoms with van der Waals surface area (Å²) in [7, 11) is 0. The van der Waals surface area contributed by atoms with Crippen molar-refractivity contribution in [3.63, 3.8) is 0 Å². The van der Waals surface area contributed by atoms with Crippen molar-refractivity contribution in [2.45, 2.75) is 39.7 Å². The summed E-state index contributed by atoms with van der Waals surface area (Å²) in [6.07, 6.45) is 8.12. The summed E-state index contributed by atoms with van der Waals surface area (Å²) in [5.41, 5.74) is 1.10. The molecule has 20 heavy (non-hydrogen) atoms. The Labute approximate surface area is 120 Å². The van der Waals surface area contributed by atoms with E-state index >= 15 is 0 Å². The van der Waals surface area contributed by atoms with E-state index in [2.05, 4.69) is 35.2 Å². The van der Waals surface area contributed by atoms with Gasteiger partial charge in [-0.05, 0) is 43.7 Å². The fourth-order valence-electron chi connectivity index (χ4n) is 2.85. The lowest BCUT2D eigenvalue weighted by molar-refractivity contribution is 0.212. The number of aromatic nitrogens is 3. The topological polar surface area (TPSA) is 42.7 Å². The molecule has 2 aromatic heterocycles. The molecule has 3 rings (SSSR count). The van der Waals surface area contributed by atoms with E-state index in [1.165, 1.54) is 12.8 Å². The number of anilines is 1. The molecule has 0 saturated heterocycles. The van der Waals surface area contributed by atoms with Crippen LogP contribution in [-0.2, 0) is 0 Å². The summed E-state index contributed by atoms with van der Waals surface area (Å²) in [5, 5.41) is 3.64. The molecular formula is C16H22N4. The van der Waals surface area contributed by atoms with Crippen molar-refractivity contribution in [3.8, 4) is 5.82 Å². The third kappa shape index (κ3) is 2.42. The van der Waals surface area contributed by atoms with Gasteiger partial charge in [0.25, 0.3) is 0 Å². The number of nitrogens with zero attached hydrogens (tertiary/aromatic N) is 3. The summed E-state index contributed by atoms with van der Waals surface area (Å²) in [6.45, 7) is 6.62. The van der Waals surface area contributed by atoms with Gasteiger partial charge in [-0.25, -0.2) is 9.97 Å². The van der Waals surface area contributed by atoms with Crippen LogP contribution in [-0.4, -0.2) is 20.6 Å². The Kier molecular flexibility index (Phi) is 3.47. The molecule has 0 bridgehead atoms. The zero-order chi connectivity index (χ0) is 14.1. The van der Waals surface area contributed by atoms with Crippen LogP contribution in [0.3, 0.4) is 0 Å². The van der Waals surface area contributed by atoms with Gasteiger partial charge in [0.05, 0.1) is 5.69 Å². The molecule has 0 radical (unpaired) electrons. The molecule has 1 aliphatic carbocycles. The number of hydrogen-bond donors (Lipinski definition) is 1. The molecule has 0 atom stereocenters. The van der Waals surface area contributed by atoms with E-state index in [0.29, 0.717) is 6.04 Å². The highest BCUT2D eigenvalue weighted by atomic mass is 15.1. The molecule has 0 aliphatic heterocycles. The van der Waals surface area contributed by atoms with Crippen LogP contribution in [0.5, 0.6) is 0 Å². The van der Waals surface area contributed by atoms with E-state index in [4.69, 9.17) is 0 Å². The summed E-state index contributed by atoms with van der Waals surface area (Å²) >= 11 is 0. The van der Waals surface area contributed by atoms with Gasteiger partial charge in [-0.15, -0.1) is 0 Å². The first-order valence-electron chi connectivity index (χ1n) is 7.37. The van der Waals surface area contributed by atoms with Gasteiger partial charge in [-0.1, -0.05) is 13.8 Å². The first-order chi connectivity index (χ1) is 9.65. The maximum Gasteiger partial charge on any atom is 0.161 e. The molecule has 106 valence electrons. The second-order valence-corrected chi connectivity index (χ2v) is 6.04. The number of nitrogens with one attached hydrogen (secondary N) is 1. The average molecular weight is 270 g/mol. The molecule has 4 heteroatoms. The first kappa shape index (κ1) is 13.2. The number of pyridine rings is 1. The van der Waals surface area contributed by atoms with Crippen molar-refractivity contribution in [3.05, 3.63) is 36.5 Å². The van der Waals surface area contributed by atoms with Crippen molar-refractivity contribution < 1.29 is 0 Å². The predicted octanol–water partition coefficient (Wildman–Crippen LogP) is 3.42. The van der Waals surface area contributed by atoms with Gasteiger partial charge in [0, 0.05) is 24.6 Å². The largest absolute Gasteiger partial charge is 0.379 e. The zero-order valence-corrected chi connectivity index (χ0v) is 12.4. The number of hydrogen-bond acceptors (Lipinski definition) is 3. The third-order valence-corrected chi connectivity index (χ3v) is 4.32. The number of aryl methyl sites for hydroxylation is 1. The maximum atomic E-state index is 4.51. The van der Waals surface area contributed by atoms with Gasteiger partial charge in [0.15, 0.2) is 5.82 Å². The smallest absolute Gasteiger partial charge is 0.161 e. The lowest BCUT2D eigenvalue weighted by Gasteiger charge is -2.39. The molecule has 2 aromatic rings. The van der Waals surface area contributed by atoms with Crippen LogP contribution < -0.4 is 5.32 Å². The highest BCUT2D eigenvalue weighted by Crippen LogP contribution is 2.36. The molecule has 1 fully saturated rings. The molecule has 1 saturated carbocycles. The Morgan fingerprint density at radius 3 is 2.70 bits per heavy atom. The summed E-state index contributed by atoms with van der Waals surface area (Å²) < 4.78 is 2.03. The van der Waals surface area contributed by atoms with Crippen molar-refractivity contribution in [1.82, 2.24) is 14.5 Å². The molecular weight excluding hydrogens is 248 g/mol. The summed E-state index contributed by atoms with van der Waals surface area (Å²) in [5.74, 6) is 3.55. The third-order valence-electron chi connectivity index (χ3n) is 4.32. The lowest BCUT2D eigenvalue weighted by atomic mass is 9.73. The van der Waals surface area contributed by atoms with Crippen LogP contribution >= 0.6 is 0 Å². The Morgan fingerprint density at radius 2 is 2.05 bits per heavy atom. The highest BCUT2D eigenvalue weighted by Gasteiger charge is 2.31. The second kappa shape index (κ2) is 5.27. The average Bonchev–Trinajstić information content (AvgIpc) is 2.79. The summed E-state index contributed by atoms with van der Waals surface area (Å²) in [4.78, 5) is 8.79.